The van der Waals surface area contributed by atoms with Gasteiger partial charge in [0.15, 0.2) is 5.82 Å². The van der Waals surface area contributed by atoms with Gasteiger partial charge in [-0.2, -0.15) is 5.10 Å². The highest BCUT2D eigenvalue weighted by atomic mass is 16.5. The third-order valence-corrected chi connectivity index (χ3v) is 5.29. The Morgan fingerprint density at radius 1 is 1.06 bits per heavy atom. The van der Waals surface area contributed by atoms with Gasteiger partial charge in [0.1, 0.15) is 17.3 Å². The van der Waals surface area contributed by atoms with Crippen molar-refractivity contribution in [1.82, 2.24) is 14.8 Å². The Kier molecular flexibility index (Phi) is 6.35. The van der Waals surface area contributed by atoms with Crippen molar-refractivity contribution >= 4 is 17.4 Å². The molecule has 0 saturated heterocycles. The van der Waals surface area contributed by atoms with Crippen LogP contribution in [0.1, 0.15) is 30.9 Å². The van der Waals surface area contributed by atoms with Crippen molar-refractivity contribution in [1.29, 1.82) is 0 Å². The van der Waals surface area contributed by atoms with Crippen LogP contribution in [0.2, 0.25) is 0 Å². The number of benzene rings is 2. The quantitative estimate of drug-likeness (QED) is 0.643. The van der Waals surface area contributed by atoms with Gasteiger partial charge < -0.3 is 14.8 Å². The molecule has 0 bridgehead atoms. The van der Waals surface area contributed by atoms with E-state index in [1.807, 2.05) is 47.1 Å². The molecule has 0 aliphatic carbocycles. The second-order valence-corrected chi connectivity index (χ2v) is 7.43. The van der Waals surface area contributed by atoms with E-state index in [1.165, 1.54) is 6.42 Å². The average molecular weight is 422 g/mol. The van der Waals surface area contributed by atoms with Crippen LogP contribution in [0.4, 0.5) is 16.2 Å². The zero-order valence-corrected chi connectivity index (χ0v) is 17.9. The molecule has 2 amide bonds. The largest absolute Gasteiger partial charge is 0.497 e. The summed E-state index contributed by atoms with van der Waals surface area (Å²) in [6.07, 6.45) is 4.33. The van der Waals surface area contributed by atoms with Crippen LogP contribution in [0.15, 0.2) is 48.5 Å². The van der Waals surface area contributed by atoms with Crippen molar-refractivity contribution in [2.75, 3.05) is 24.4 Å². The molecule has 31 heavy (non-hydrogen) atoms. The number of aromatic nitrogens is 3. The Balaban J connectivity index is 1.61. The van der Waals surface area contributed by atoms with Gasteiger partial charge in [0, 0.05) is 36.5 Å². The van der Waals surface area contributed by atoms with Gasteiger partial charge in [-0.1, -0.05) is 18.6 Å². The summed E-state index contributed by atoms with van der Waals surface area (Å²) >= 11 is 0. The minimum Gasteiger partial charge on any atom is -0.497 e. The van der Waals surface area contributed by atoms with Crippen LogP contribution < -0.4 is 19.7 Å². The predicted molar refractivity (Wildman–Crippen MR) is 119 cm³/mol. The molecule has 4 rings (SSSR count). The van der Waals surface area contributed by atoms with Crippen molar-refractivity contribution in [3.8, 4) is 11.5 Å². The molecule has 0 spiro atoms. The Morgan fingerprint density at radius 3 is 2.65 bits per heavy atom. The first-order valence-electron chi connectivity index (χ1n) is 10.5. The number of hydrogen-bond donors (Lipinski definition) is 1. The molecule has 1 N–H and O–H groups in total. The Bertz CT molecular complexity index is 1030. The van der Waals surface area contributed by atoms with Crippen molar-refractivity contribution in [3.63, 3.8) is 0 Å². The molecule has 0 unspecified atom stereocenters. The van der Waals surface area contributed by atoms with Crippen molar-refractivity contribution in [2.45, 2.75) is 38.8 Å². The molecule has 3 aromatic rings. The topological polar surface area (TPSA) is 81.5 Å². The number of carbonyl (C=O) groups is 1. The summed E-state index contributed by atoms with van der Waals surface area (Å²) in [4.78, 5) is 19.6. The number of nitrogens with one attached hydrogen (secondary N) is 1. The van der Waals surface area contributed by atoms with E-state index in [0.29, 0.717) is 28.7 Å². The number of urea groups is 1. The van der Waals surface area contributed by atoms with Gasteiger partial charge in [-0.3, -0.25) is 4.90 Å². The molecule has 8 heteroatoms. The van der Waals surface area contributed by atoms with E-state index in [4.69, 9.17) is 14.5 Å². The normalized spacial score (nSPS) is 13.1. The van der Waals surface area contributed by atoms with Crippen molar-refractivity contribution in [2.24, 2.45) is 0 Å². The van der Waals surface area contributed by atoms with E-state index in [2.05, 4.69) is 10.4 Å². The molecule has 0 radical (unpaired) electrons. The Labute approximate surface area is 181 Å². The molecule has 1 aliphatic rings. The zero-order chi connectivity index (χ0) is 21.6. The van der Waals surface area contributed by atoms with Crippen LogP contribution in [0, 0.1) is 0 Å². The second kappa shape index (κ2) is 9.51. The summed E-state index contributed by atoms with van der Waals surface area (Å²) in [5.41, 5.74) is 1.34. The lowest BCUT2D eigenvalue weighted by Crippen LogP contribution is -2.35. The minimum absolute atomic E-state index is 0.253. The number of anilines is 2. The van der Waals surface area contributed by atoms with Gasteiger partial charge in [-0.15, -0.1) is 0 Å². The lowest BCUT2D eigenvalue weighted by Gasteiger charge is -2.22. The second-order valence-electron chi connectivity index (χ2n) is 7.43. The molecule has 0 fully saturated rings. The third-order valence-electron chi connectivity index (χ3n) is 5.29. The van der Waals surface area contributed by atoms with E-state index < -0.39 is 0 Å². The minimum atomic E-state index is -0.286. The molecule has 2 heterocycles. The van der Waals surface area contributed by atoms with Gasteiger partial charge in [0.2, 0.25) is 0 Å². The lowest BCUT2D eigenvalue weighted by atomic mass is 10.2. The maximum Gasteiger partial charge on any atom is 0.326 e. The van der Waals surface area contributed by atoms with E-state index in [1.54, 1.807) is 25.2 Å². The van der Waals surface area contributed by atoms with Crippen molar-refractivity contribution in [3.05, 3.63) is 60.2 Å². The summed E-state index contributed by atoms with van der Waals surface area (Å²) in [5, 5.41) is 7.62. The SMILES string of the molecule is COc1cccc(NC(=O)N(Cc2nc3n(n2)CCCCC3)c2cccc(OC)c2)c1. The summed E-state index contributed by atoms with van der Waals surface area (Å²) in [5.74, 6) is 2.96. The molecule has 162 valence electrons. The summed E-state index contributed by atoms with van der Waals surface area (Å²) in [7, 11) is 3.20. The zero-order valence-electron chi connectivity index (χ0n) is 17.9. The number of amides is 2. The average Bonchev–Trinajstić information content (AvgIpc) is 3.05. The van der Waals surface area contributed by atoms with E-state index in [-0.39, 0.29) is 12.6 Å². The van der Waals surface area contributed by atoms with Crippen molar-refractivity contribution < 1.29 is 14.3 Å². The number of ether oxygens (including phenoxy) is 2. The first kappa shape index (κ1) is 20.7. The van der Waals surface area contributed by atoms with Crippen LogP contribution in [0.25, 0.3) is 0 Å². The number of carbonyl (C=O) groups excluding carboxylic acids is 1. The molecular weight excluding hydrogens is 394 g/mol. The fourth-order valence-corrected chi connectivity index (χ4v) is 3.67. The molecule has 0 atom stereocenters. The van der Waals surface area contributed by atoms with E-state index >= 15 is 0 Å². The molecule has 0 saturated carbocycles. The van der Waals surface area contributed by atoms with Gasteiger partial charge in [0.25, 0.3) is 0 Å². The number of rotatable bonds is 6. The highest BCUT2D eigenvalue weighted by Crippen LogP contribution is 2.25. The van der Waals surface area contributed by atoms with Crippen LogP contribution in [0.3, 0.4) is 0 Å². The fraction of sp³-hybridized carbons (Fsp3) is 0.348. The predicted octanol–water partition coefficient (Wildman–Crippen LogP) is 4.26. The highest BCUT2D eigenvalue weighted by molar-refractivity contribution is 6.01. The van der Waals surface area contributed by atoms with Crippen LogP contribution in [0.5, 0.6) is 11.5 Å². The standard InChI is InChI=1S/C23H27N5O3/c1-30-19-10-6-8-17(14-19)24-23(29)27(18-9-7-11-20(15-18)31-2)16-21-25-22-12-4-3-5-13-28(22)26-21/h6-11,14-15H,3-5,12-13,16H2,1-2H3,(H,24,29). The van der Waals surface area contributed by atoms with Gasteiger partial charge in [0.05, 0.1) is 20.8 Å². The Morgan fingerprint density at radius 2 is 1.84 bits per heavy atom. The number of aryl methyl sites for hydroxylation is 2. The van der Waals surface area contributed by atoms with Crippen LogP contribution in [-0.2, 0) is 19.5 Å². The molecule has 8 nitrogen and oxygen atoms in total. The third kappa shape index (κ3) is 4.96. The summed E-state index contributed by atoms with van der Waals surface area (Å²) < 4.78 is 12.6. The summed E-state index contributed by atoms with van der Waals surface area (Å²) in [6.45, 7) is 1.13. The molecule has 2 aromatic carbocycles. The van der Waals surface area contributed by atoms with E-state index in [0.717, 1.165) is 31.6 Å². The highest BCUT2D eigenvalue weighted by Gasteiger charge is 2.21. The van der Waals surface area contributed by atoms with Crippen LogP contribution in [-0.4, -0.2) is 35.0 Å². The molecule has 1 aliphatic heterocycles. The number of fused-ring (bicyclic) bond motifs is 1. The number of hydrogen-bond acceptors (Lipinski definition) is 5. The van der Waals surface area contributed by atoms with Gasteiger partial charge in [-0.25, -0.2) is 14.5 Å². The monoisotopic (exact) mass is 421 g/mol. The number of methoxy groups -OCH3 is 2. The van der Waals surface area contributed by atoms with Crippen LogP contribution >= 0.6 is 0 Å². The van der Waals surface area contributed by atoms with E-state index in [9.17, 15) is 4.79 Å². The number of nitrogens with zero attached hydrogens (tertiary/aromatic N) is 4. The smallest absolute Gasteiger partial charge is 0.326 e. The Hall–Kier alpha value is -3.55. The molecule has 1 aromatic heterocycles. The lowest BCUT2D eigenvalue weighted by molar-refractivity contribution is 0.256. The fourth-order valence-electron chi connectivity index (χ4n) is 3.67. The maximum absolute atomic E-state index is 13.3. The molecular formula is C23H27N5O3. The first-order valence-corrected chi connectivity index (χ1v) is 10.5. The maximum atomic E-state index is 13.3. The summed E-state index contributed by atoms with van der Waals surface area (Å²) in [6, 6.07) is 14.4. The van der Waals surface area contributed by atoms with Gasteiger partial charge >= 0.3 is 6.03 Å². The first-order chi connectivity index (χ1) is 15.2. The van der Waals surface area contributed by atoms with Gasteiger partial charge in [-0.05, 0) is 37.1 Å².